The second kappa shape index (κ2) is 5.51. The number of benzene rings is 1. The molecule has 19 heavy (non-hydrogen) atoms. The van der Waals surface area contributed by atoms with Crippen LogP contribution in [-0.2, 0) is 4.79 Å². The van der Waals surface area contributed by atoms with E-state index in [1.807, 2.05) is 23.1 Å². The molecular weight excluding hydrogens is 306 g/mol. The molecule has 1 fully saturated rings. The number of nitrogens with one attached hydrogen (secondary N) is 2. The summed E-state index contributed by atoms with van der Waals surface area (Å²) in [5.74, 6) is 0.777. The molecule has 0 atom stereocenters. The van der Waals surface area contributed by atoms with Crippen molar-refractivity contribution in [3.8, 4) is 0 Å². The quantitative estimate of drug-likeness (QED) is 0.877. The van der Waals surface area contributed by atoms with Gasteiger partial charge in [0.15, 0.2) is 0 Å². The predicted molar refractivity (Wildman–Crippen MR) is 80.6 cm³/mol. The van der Waals surface area contributed by atoms with E-state index in [0.29, 0.717) is 12.5 Å². The normalized spacial score (nSPS) is 20.1. The van der Waals surface area contributed by atoms with Gasteiger partial charge in [0, 0.05) is 11.0 Å². The minimum absolute atomic E-state index is 0.170. The molecule has 2 aliphatic heterocycles. The molecule has 4 nitrogen and oxygen atoms in total. The van der Waals surface area contributed by atoms with Gasteiger partial charge in [-0.1, -0.05) is 15.9 Å². The van der Waals surface area contributed by atoms with Crippen molar-refractivity contribution >= 4 is 33.2 Å². The van der Waals surface area contributed by atoms with E-state index in [9.17, 15) is 4.79 Å². The van der Waals surface area contributed by atoms with Crippen LogP contribution in [0.25, 0.3) is 0 Å². The van der Waals surface area contributed by atoms with E-state index in [2.05, 4.69) is 26.6 Å². The largest absolute Gasteiger partial charge is 0.374 e. The topological polar surface area (TPSA) is 44.4 Å². The van der Waals surface area contributed by atoms with Crippen LogP contribution in [0.15, 0.2) is 22.7 Å². The van der Waals surface area contributed by atoms with Crippen molar-refractivity contribution in [1.29, 1.82) is 0 Å². The summed E-state index contributed by atoms with van der Waals surface area (Å²) in [5, 5.41) is 6.55. The highest BCUT2D eigenvalue weighted by atomic mass is 79.9. The average Bonchev–Trinajstić information content (AvgIpc) is 2.43. The second-order valence-corrected chi connectivity index (χ2v) is 6.13. The molecule has 1 aromatic rings. The molecule has 0 saturated carbocycles. The summed E-state index contributed by atoms with van der Waals surface area (Å²) in [4.78, 5) is 14.1. The summed E-state index contributed by atoms with van der Waals surface area (Å²) in [6, 6.07) is 6.06. The van der Waals surface area contributed by atoms with Gasteiger partial charge in [-0.15, -0.1) is 0 Å². The first-order valence-electron chi connectivity index (χ1n) is 6.78. The lowest BCUT2D eigenvalue weighted by Gasteiger charge is -2.34. The van der Waals surface area contributed by atoms with Crippen molar-refractivity contribution in [1.82, 2.24) is 5.32 Å². The summed E-state index contributed by atoms with van der Waals surface area (Å²) < 4.78 is 1.01. The summed E-state index contributed by atoms with van der Waals surface area (Å²) in [6.45, 7) is 3.37. The first kappa shape index (κ1) is 12.9. The van der Waals surface area contributed by atoms with Gasteiger partial charge >= 0.3 is 0 Å². The molecule has 3 rings (SSSR count). The second-order valence-electron chi connectivity index (χ2n) is 5.21. The monoisotopic (exact) mass is 323 g/mol. The molecule has 0 bridgehead atoms. The number of hydrogen-bond acceptors (Lipinski definition) is 3. The minimum atomic E-state index is 0.170. The Labute approximate surface area is 121 Å². The van der Waals surface area contributed by atoms with Crippen molar-refractivity contribution in [2.24, 2.45) is 5.92 Å². The number of piperidine rings is 1. The number of carbonyl (C=O) groups excluding carboxylic acids is 1. The van der Waals surface area contributed by atoms with Gasteiger partial charge in [0.2, 0.25) is 5.91 Å². The van der Waals surface area contributed by atoms with Crippen LogP contribution in [0.2, 0.25) is 0 Å². The Kier molecular flexibility index (Phi) is 3.75. The maximum Gasteiger partial charge on any atom is 0.246 e. The Balaban J connectivity index is 1.83. The van der Waals surface area contributed by atoms with Gasteiger partial charge in [-0.3, -0.25) is 4.79 Å². The molecule has 0 aromatic heterocycles. The Morgan fingerprint density at radius 3 is 2.89 bits per heavy atom. The highest BCUT2D eigenvalue weighted by molar-refractivity contribution is 9.10. The lowest BCUT2D eigenvalue weighted by Crippen LogP contribution is -2.44. The maximum atomic E-state index is 12.2. The van der Waals surface area contributed by atoms with Crippen LogP contribution in [0.3, 0.4) is 0 Å². The smallest absolute Gasteiger partial charge is 0.246 e. The predicted octanol–water partition coefficient (Wildman–Crippen LogP) is 2.21. The standard InChI is InChI=1S/C14H18BrN3O/c15-11-1-2-12-13(7-11)18(14(19)8-17-12)9-10-3-5-16-6-4-10/h1-2,7,10,16-17H,3-6,8-9H2. The lowest BCUT2D eigenvalue weighted by molar-refractivity contribution is -0.117. The van der Waals surface area contributed by atoms with Crippen molar-refractivity contribution in [2.45, 2.75) is 12.8 Å². The van der Waals surface area contributed by atoms with Crippen LogP contribution in [0.1, 0.15) is 12.8 Å². The van der Waals surface area contributed by atoms with Gasteiger partial charge in [0.25, 0.3) is 0 Å². The third-order valence-electron chi connectivity index (χ3n) is 3.88. The van der Waals surface area contributed by atoms with Crippen LogP contribution >= 0.6 is 15.9 Å². The van der Waals surface area contributed by atoms with Crippen molar-refractivity contribution in [3.63, 3.8) is 0 Å². The fourth-order valence-electron chi connectivity index (χ4n) is 2.80. The molecule has 0 unspecified atom stereocenters. The Hall–Kier alpha value is -1.07. The SMILES string of the molecule is O=C1CNc2ccc(Br)cc2N1CC1CCNCC1. The van der Waals surface area contributed by atoms with E-state index in [4.69, 9.17) is 0 Å². The number of hydrogen-bond donors (Lipinski definition) is 2. The van der Waals surface area contributed by atoms with Gasteiger partial charge in [-0.25, -0.2) is 0 Å². The zero-order valence-electron chi connectivity index (χ0n) is 10.8. The van der Waals surface area contributed by atoms with Crippen LogP contribution in [0.4, 0.5) is 11.4 Å². The van der Waals surface area contributed by atoms with Crippen molar-refractivity contribution in [3.05, 3.63) is 22.7 Å². The average molecular weight is 324 g/mol. The Morgan fingerprint density at radius 2 is 2.11 bits per heavy atom. The van der Waals surface area contributed by atoms with E-state index in [-0.39, 0.29) is 5.91 Å². The molecule has 2 heterocycles. The molecule has 2 aliphatic rings. The van der Waals surface area contributed by atoms with Crippen LogP contribution < -0.4 is 15.5 Å². The zero-order valence-corrected chi connectivity index (χ0v) is 12.4. The van der Waals surface area contributed by atoms with Crippen molar-refractivity contribution < 1.29 is 4.79 Å². The molecule has 0 radical (unpaired) electrons. The molecule has 2 N–H and O–H groups in total. The van der Waals surface area contributed by atoms with E-state index in [1.165, 1.54) is 0 Å². The number of amides is 1. The van der Waals surface area contributed by atoms with Crippen LogP contribution in [-0.4, -0.2) is 32.1 Å². The highest BCUT2D eigenvalue weighted by Gasteiger charge is 2.27. The van der Waals surface area contributed by atoms with E-state index in [0.717, 1.165) is 48.3 Å². The van der Waals surface area contributed by atoms with E-state index < -0.39 is 0 Å². The number of fused-ring (bicyclic) bond motifs is 1. The molecule has 1 aromatic carbocycles. The third-order valence-corrected chi connectivity index (χ3v) is 4.37. The van der Waals surface area contributed by atoms with Crippen molar-refractivity contribution in [2.75, 3.05) is 36.4 Å². The minimum Gasteiger partial charge on any atom is -0.374 e. The number of halogens is 1. The molecule has 0 spiro atoms. The molecule has 1 saturated heterocycles. The third kappa shape index (κ3) is 2.77. The zero-order chi connectivity index (χ0) is 13.2. The van der Waals surface area contributed by atoms with E-state index in [1.54, 1.807) is 0 Å². The first-order valence-corrected chi connectivity index (χ1v) is 7.58. The molecule has 102 valence electrons. The van der Waals surface area contributed by atoms with Gasteiger partial charge in [0.05, 0.1) is 17.9 Å². The Bertz CT molecular complexity index is 486. The molecule has 5 heteroatoms. The number of carbonyl (C=O) groups is 1. The van der Waals surface area contributed by atoms with Crippen LogP contribution in [0.5, 0.6) is 0 Å². The number of nitrogens with zero attached hydrogens (tertiary/aromatic N) is 1. The maximum absolute atomic E-state index is 12.2. The molecule has 1 amide bonds. The number of rotatable bonds is 2. The fraction of sp³-hybridized carbons (Fsp3) is 0.500. The highest BCUT2D eigenvalue weighted by Crippen LogP contribution is 2.33. The fourth-order valence-corrected chi connectivity index (χ4v) is 3.15. The van der Waals surface area contributed by atoms with Crippen LogP contribution in [0, 0.1) is 5.92 Å². The summed E-state index contributed by atoms with van der Waals surface area (Å²) in [7, 11) is 0. The lowest BCUT2D eigenvalue weighted by atomic mass is 9.97. The summed E-state index contributed by atoms with van der Waals surface area (Å²) >= 11 is 3.49. The first-order chi connectivity index (χ1) is 9.24. The van der Waals surface area contributed by atoms with Gasteiger partial charge in [-0.2, -0.15) is 0 Å². The number of anilines is 2. The Morgan fingerprint density at radius 1 is 1.32 bits per heavy atom. The summed E-state index contributed by atoms with van der Waals surface area (Å²) in [5.41, 5.74) is 2.06. The molecular formula is C14H18BrN3O. The van der Waals surface area contributed by atoms with E-state index >= 15 is 0 Å². The van der Waals surface area contributed by atoms with Gasteiger partial charge in [-0.05, 0) is 50.0 Å². The van der Waals surface area contributed by atoms with Gasteiger partial charge in [0.1, 0.15) is 0 Å². The van der Waals surface area contributed by atoms with Gasteiger partial charge < -0.3 is 15.5 Å². The molecule has 0 aliphatic carbocycles. The summed E-state index contributed by atoms with van der Waals surface area (Å²) in [6.07, 6.45) is 2.31.